The Bertz CT molecular complexity index is 360. The van der Waals surface area contributed by atoms with Crippen molar-refractivity contribution in [1.82, 2.24) is 0 Å². The van der Waals surface area contributed by atoms with E-state index in [0.717, 1.165) is 19.3 Å². The molecule has 1 unspecified atom stereocenters. The first-order chi connectivity index (χ1) is 7.65. The summed E-state index contributed by atoms with van der Waals surface area (Å²) in [6.07, 6.45) is 3.81. The van der Waals surface area contributed by atoms with Gasteiger partial charge in [0.05, 0.1) is 0 Å². The zero-order chi connectivity index (χ0) is 11.7. The average Bonchev–Trinajstić information content (AvgIpc) is 2.29. The average molecular weight is 246 g/mol. The van der Waals surface area contributed by atoms with E-state index in [1.54, 1.807) is 0 Å². The third-order valence-corrected chi connectivity index (χ3v) is 5.06. The number of alkyl halides is 2. The monoisotopic (exact) mass is 246 g/mol. The molecule has 1 nitrogen and oxygen atoms in total. The van der Waals surface area contributed by atoms with E-state index in [-0.39, 0.29) is 17.4 Å². The molecule has 90 valence electrons. The van der Waals surface area contributed by atoms with Gasteiger partial charge in [0.2, 0.25) is 0 Å². The Morgan fingerprint density at radius 3 is 2.50 bits per heavy atom. The summed E-state index contributed by atoms with van der Waals surface area (Å²) in [6, 6.07) is 0. The first-order valence-corrected chi connectivity index (χ1v) is 7.05. The topological polar surface area (TPSA) is 17.1 Å². The van der Waals surface area contributed by atoms with E-state index in [4.69, 9.17) is 0 Å². The van der Waals surface area contributed by atoms with E-state index in [2.05, 4.69) is 0 Å². The number of hydrogen-bond acceptors (Lipinski definition) is 1. The molecule has 4 heteroatoms. The molecule has 16 heavy (non-hydrogen) atoms. The maximum absolute atomic E-state index is 13.0. The smallest absolute Gasteiger partial charge is 0.255 e. The summed E-state index contributed by atoms with van der Waals surface area (Å²) < 4.78 is 38.0. The molecule has 0 heterocycles. The van der Waals surface area contributed by atoms with Crippen LogP contribution < -0.4 is 0 Å². The second-order valence-corrected chi connectivity index (χ2v) is 5.88. The molecular weight excluding hydrogens is 230 g/mol. The van der Waals surface area contributed by atoms with Gasteiger partial charge in [0.1, 0.15) is 0 Å². The van der Waals surface area contributed by atoms with Crippen LogP contribution in [0.5, 0.6) is 0 Å². The van der Waals surface area contributed by atoms with Crippen LogP contribution in [0.4, 0.5) is 8.78 Å². The van der Waals surface area contributed by atoms with Crippen molar-refractivity contribution in [2.75, 3.05) is 5.75 Å². The molecule has 3 atom stereocenters. The zero-order valence-electron chi connectivity index (χ0n) is 9.29. The van der Waals surface area contributed by atoms with Crippen molar-refractivity contribution in [2.24, 2.45) is 11.8 Å². The Hall–Kier alpha value is -0.510. The summed E-state index contributed by atoms with van der Waals surface area (Å²) in [7, 11) is -1.21. The lowest BCUT2D eigenvalue weighted by atomic mass is 9.76. The second kappa shape index (κ2) is 4.78. The SMILES string of the molecule is CCCS(=O)C1=C(C(F)F)[C@@H]2C=C[C@H]1CC2. The van der Waals surface area contributed by atoms with Gasteiger partial charge >= 0.3 is 0 Å². The lowest BCUT2D eigenvalue weighted by Gasteiger charge is -2.35. The maximum atomic E-state index is 13.0. The minimum atomic E-state index is -2.45. The van der Waals surface area contributed by atoms with Gasteiger partial charge in [-0.15, -0.1) is 0 Å². The fraction of sp³-hybridized carbons (Fsp3) is 0.667. The third-order valence-electron chi connectivity index (χ3n) is 3.26. The van der Waals surface area contributed by atoms with E-state index < -0.39 is 17.2 Å². The van der Waals surface area contributed by atoms with Gasteiger partial charge in [0.25, 0.3) is 6.43 Å². The Balaban J connectivity index is 2.36. The number of allylic oxidation sites excluding steroid dienone is 4. The van der Waals surface area contributed by atoms with Crippen molar-refractivity contribution in [3.05, 3.63) is 22.6 Å². The fourth-order valence-electron chi connectivity index (χ4n) is 2.56. The van der Waals surface area contributed by atoms with Gasteiger partial charge in [0.15, 0.2) is 0 Å². The predicted octanol–water partition coefficient (Wildman–Crippen LogP) is 3.26. The lowest BCUT2D eigenvalue weighted by Crippen LogP contribution is -2.28. The molecule has 0 saturated heterocycles. The van der Waals surface area contributed by atoms with Gasteiger partial charge in [0, 0.05) is 38.9 Å². The molecule has 0 aromatic rings. The third kappa shape index (κ3) is 1.99. The highest BCUT2D eigenvalue weighted by Gasteiger charge is 2.37. The molecule has 2 bridgehead atoms. The van der Waals surface area contributed by atoms with Crippen LogP contribution in [0.2, 0.25) is 0 Å². The molecule has 0 spiro atoms. The van der Waals surface area contributed by atoms with E-state index in [9.17, 15) is 13.0 Å². The second-order valence-electron chi connectivity index (χ2n) is 4.35. The Labute approximate surface area is 97.1 Å². The van der Waals surface area contributed by atoms with Crippen molar-refractivity contribution >= 4 is 10.8 Å². The van der Waals surface area contributed by atoms with Crippen molar-refractivity contribution in [1.29, 1.82) is 0 Å². The molecule has 0 amide bonds. The molecule has 0 saturated carbocycles. The summed E-state index contributed by atoms with van der Waals surface area (Å²) in [5, 5.41) is 0. The van der Waals surface area contributed by atoms with Crippen molar-refractivity contribution in [3.63, 3.8) is 0 Å². The largest absolute Gasteiger partial charge is 0.261 e. The molecule has 0 aromatic carbocycles. The molecular formula is C12H16F2OS. The number of hydrogen-bond donors (Lipinski definition) is 0. The van der Waals surface area contributed by atoms with Crippen molar-refractivity contribution in [3.8, 4) is 0 Å². The summed E-state index contributed by atoms with van der Waals surface area (Å²) in [6.45, 7) is 1.93. The maximum Gasteiger partial charge on any atom is 0.261 e. The molecule has 0 fully saturated rings. The fourth-order valence-corrected chi connectivity index (χ4v) is 4.19. The molecule has 0 radical (unpaired) electrons. The van der Waals surface area contributed by atoms with Crippen LogP contribution in [-0.2, 0) is 10.8 Å². The molecule has 3 aliphatic rings. The zero-order valence-corrected chi connectivity index (χ0v) is 10.1. The highest BCUT2D eigenvalue weighted by atomic mass is 32.2. The van der Waals surface area contributed by atoms with Crippen LogP contribution in [-0.4, -0.2) is 16.4 Å². The van der Waals surface area contributed by atoms with Crippen LogP contribution in [0.15, 0.2) is 22.6 Å². The number of fused-ring (bicyclic) bond motifs is 1. The standard InChI is InChI=1S/C12H16F2OS/c1-2-7-16(15)11-9-5-3-8(4-6-9)10(11)12(13)14/h3,5,8-9,12H,2,4,6-7H2,1H3/t8-,9+,16?/m1/s1. The van der Waals surface area contributed by atoms with Gasteiger partial charge < -0.3 is 0 Å². The van der Waals surface area contributed by atoms with Gasteiger partial charge in [-0.3, -0.25) is 4.21 Å². The molecule has 3 rings (SSSR count). The normalized spacial score (nSPS) is 30.2. The summed E-state index contributed by atoms with van der Waals surface area (Å²) in [5.41, 5.74) is 0.158. The van der Waals surface area contributed by atoms with Gasteiger partial charge in [-0.25, -0.2) is 8.78 Å². The quantitative estimate of drug-likeness (QED) is 0.696. The summed E-state index contributed by atoms with van der Waals surface area (Å²) >= 11 is 0. The van der Waals surface area contributed by atoms with Crippen LogP contribution in [0.25, 0.3) is 0 Å². The first kappa shape index (κ1) is 12.0. The molecule has 0 aromatic heterocycles. The van der Waals surface area contributed by atoms with E-state index in [0.29, 0.717) is 10.7 Å². The minimum Gasteiger partial charge on any atom is -0.255 e. The lowest BCUT2D eigenvalue weighted by molar-refractivity contribution is 0.170. The van der Waals surface area contributed by atoms with Crippen molar-refractivity contribution in [2.45, 2.75) is 32.6 Å². The highest BCUT2D eigenvalue weighted by Crippen LogP contribution is 2.44. The van der Waals surface area contributed by atoms with Crippen molar-refractivity contribution < 1.29 is 13.0 Å². The number of rotatable bonds is 4. The van der Waals surface area contributed by atoms with E-state index in [1.165, 1.54) is 0 Å². The molecule has 0 N–H and O–H groups in total. The molecule has 0 aliphatic heterocycles. The van der Waals surface area contributed by atoms with Crippen LogP contribution in [0, 0.1) is 11.8 Å². The Kier molecular flexibility index (Phi) is 3.57. The predicted molar refractivity (Wildman–Crippen MR) is 61.7 cm³/mol. The van der Waals surface area contributed by atoms with E-state index >= 15 is 0 Å². The van der Waals surface area contributed by atoms with Crippen LogP contribution in [0.1, 0.15) is 26.2 Å². The van der Waals surface area contributed by atoms with Gasteiger partial charge in [-0.2, -0.15) is 0 Å². The summed E-state index contributed by atoms with van der Waals surface area (Å²) in [4.78, 5) is 0.538. The molecule has 3 aliphatic carbocycles. The summed E-state index contributed by atoms with van der Waals surface area (Å²) in [5.74, 6) is 0.338. The number of halogens is 2. The minimum absolute atomic E-state index is 0.00128. The van der Waals surface area contributed by atoms with Crippen LogP contribution in [0.3, 0.4) is 0 Å². The highest BCUT2D eigenvalue weighted by molar-refractivity contribution is 7.89. The van der Waals surface area contributed by atoms with E-state index in [1.807, 2.05) is 19.1 Å². The van der Waals surface area contributed by atoms with Gasteiger partial charge in [-0.05, 0) is 19.3 Å². The Morgan fingerprint density at radius 1 is 1.38 bits per heavy atom. The Morgan fingerprint density at radius 2 is 2.00 bits per heavy atom. The van der Waals surface area contributed by atoms with Gasteiger partial charge in [-0.1, -0.05) is 19.1 Å². The first-order valence-electron chi connectivity index (χ1n) is 5.74. The van der Waals surface area contributed by atoms with Crippen LogP contribution >= 0.6 is 0 Å².